The highest BCUT2D eigenvalue weighted by molar-refractivity contribution is 4.93. The Bertz CT molecular complexity index is 328. The Morgan fingerprint density at radius 1 is 1.29 bits per heavy atom. The first-order valence-corrected chi connectivity index (χ1v) is 6.73. The molecule has 1 aromatic heterocycles. The molecule has 0 aliphatic heterocycles. The van der Waals surface area contributed by atoms with Gasteiger partial charge in [0.1, 0.15) is 5.82 Å². The summed E-state index contributed by atoms with van der Waals surface area (Å²) in [5.41, 5.74) is 0. The molecule has 0 aromatic carbocycles. The quantitative estimate of drug-likeness (QED) is 0.871. The van der Waals surface area contributed by atoms with E-state index in [9.17, 15) is 5.11 Å². The van der Waals surface area contributed by atoms with Crippen LogP contribution in [0.3, 0.4) is 0 Å². The third-order valence-electron chi connectivity index (χ3n) is 3.81. The molecule has 1 heterocycles. The lowest BCUT2D eigenvalue weighted by molar-refractivity contribution is 0.0453. The SMILES string of the molecule is CCCC1CCC(O)C(Cc2ncccn2)C1. The van der Waals surface area contributed by atoms with Gasteiger partial charge in [0.2, 0.25) is 0 Å². The van der Waals surface area contributed by atoms with E-state index in [4.69, 9.17) is 0 Å². The predicted octanol–water partition coefficient (Wildman–Crippen LogP) is 2.60. The molecule has 3 atom stereocenters. The van der Waals surface area contributed by atoms with Crippen LogP contribution in [0, 0.1) is 11.8 Å². The van der Waals surface area contributed by atoms with Crippen molar-refractivity contribution in [1.82, 2.24) is 9.97 Å². The summed E-state index contributed by atoms with van der Waals surface area (Å²) in [7, 11) is 0. The molecule has 1 N–H and O–H groups in total. The van der Waals surface area contributed by atoms with Crippen LogP contribution < -0.4 is 0 Å². The third-order valence-corrected chi connectivity index (χ3v) is 3.81. The highest BCUT2D eigenvalue weighted by Gasteiger charge is 2.29. The first-order chi connectivity index (χ1) is 8.29. The monoisotopic (exact) mass is 234 g/mol. The summed E-state index contributed by atoms with van der Waals surface area (Å²) in [4.78, 5) is 8.51. The normalized spacial score (nSPS) is 29.2. The fourth-order valence-corrected chi connectivity index (χ4v) is 2.90. The first kappa shape index (κ1) is 12.5. The van der Waals surface area contributed by atoms with Crippen LogP contribution in [-0.4, -0.2) is 21.2 Å². The maximum Gasteiger partial charge on any atom is 0.128 e. The van der Waals surface area contributed by atoms with Crippen LogP contribution in [0.15, 0.2) is 18.5 Å². The summed E-state index contributed by atoms with van der Waals surface area (Å²) in [6, 6.07) is 1.83. The molecule has 0 bridgehead atoms. The zero-order chi connectivity index (χ0) is 12.1. The van der Waals surface area contributed by atoms with Gasteiger partial charge in [0.25, 0.3) is 0 Å². The third kappa shape index (κ3) is 3.50. The molecule has 3 nitrogen and oxygen atoms in total. The van der Waals surface area contributed by atoms with Crippen molar-refractivity contribution >= 4 is 0 Å². The lowest BCUT2D eigenvalue weighted by Gasteiger charge is -2.33. The molecule has 17 heavy (non-hydrogen) atoms. The molecule has 94 valence electrons. The summed E-state index contributed by atoms with van der Waals surface area (Å²) in [5.74, 6) is 2.01. The van der Waals surface area contributed by atoms with Gasteiger partial charge in [0, 0.05) is 18.8 Å². The minimum absolute atomic E-state index is 0.160. The number of hydrogen-bond acceptors (Lipinski definition) is 3. The van der Waals surface area contributed by atoms with Crippen LogP contribution in [0.2, 0.25) is 0 Å². The Morgan fingerprint density at radius 2 is 2.06 bits per heavy atom. The maximum atomic E-state index is 10.1. The molecule has 0 amide bonds. The van der Waals surface area contributed by atoms with Gasteiger partial charge in [0.15, 0.2) is 0 Å². The second-order valence-corrected chi connectivity index (χ2v) is 5.16. The number of hydrogen-bond donors (Lipinski definition) is 1. The van der Waals surface area contributed by atoms with Crippen molar-refractivity contribution in [3.05, 3.63) is 24.3 Å². The molecule has 1 fully saturated rings. The molecule has 0 radical (unpaired) electrons. The van der Waals surface area contributed by atoms with Gasteiger partial charge >= 0.3 is 0 Å². The zero-order valence-electron chi connectivity index (χ0n) is 10.5. The van der Waals surface area contributed by atoms with Crippen molar-refractivity contribution in [3.63, 3.8) is 0 Å². The number of nitrogens with zero attached hydrogens (tertiary/aromatic N) is 2. The number of rotatable bonds is 4. The summed E-state index contributed by atoms with van der Waals surface area (Å²) < 4.78 is 0. The highest BCUT2D eigenvalue weighted by Crippen LogP contribution is 2.33. The Labute approximate surface area is 103 Å². The molecule has 0 spiro atoms. The van der Waals surface area contributed by atoms with E-state index in [2.05, 4.69) is 16.9 Å². The number of aromatic nitrogens is 2. The van der Waals surface area contributed by atoms with E-state index < -0.39 is 0 Å². The van der Waals surface area contributed by atoms with E-state index in [1.54, 1.807) is 12.4 Å². The predicted molar refractivity (Wildman–Crippen MR) is 67.5 cm³/mol. The molecular formula is C14H22N2O. The van der Waals surface area contributed by atoms with Crippen molar-refractivity contribution in [2.24, 2.45) is 11.8 Å². The number of aliphatic hydroxyl groups excluding tert-OH is 1. The van der Waals surface area contributed by atoms with E-state index >= 15 is 0 Å². The second kappa shape index (κ2) is 6.10. The molecular weight excluding hydrogens is 212 g/mol. The van der Waals surface area contributed by atoms with Crippen LogP contribution in [0.5, 0.6) is 0 Å². The molecule has 0 saturated heterocycles. The van der Waals surface area contributed by atoms with Gasteiger partial charge in [-0.05, 0) is 37.2 Å². The lowest BCUT2D eigenvalue weighted by Crippen LogP contribution is -2.31. The fourth-order valence-electron chi connectivity index (χ4n) is 2.90. The molecule has 3 unspecified atom stereocenters. The summed E-state index contributed by atoms with van der Waals surface area (Å²) in [5, 5.41) is 10.1. The van der Waals surface area contributed by atoms with E-state index in [1.807, 2.05) is 6.07 Å². The van der Waals surface area contributed by atoms with E-state index in [0.29, 0.717) is 5.92 Å². The molecule has 3 heteroatoms. The molecule has 1 saturated carbocycles. The lowest BCUT2D eigenvalue weighted by atomic mass is 9.76. The van der Waals surface area contributed by atoms with Gasteiger partial charge in [-0.2, -0.15) is 0 Å². The van der Waals surface area contributed by atoms with E-state index in [-0.39, 0.29) is 6.10 Å². The van der Waals surface area contributed by atoms with Crippen LogP contribution in [0.25, 0.3) is 0 Å². The van der Waals surface area contributed by atoms with Crippen LogP contribution in [-0.2, 0) is 6.42 Å². The summed E-state index contributed by atoms with van der Waals surface area (Å²) in [6.07, 6.45) is 10.0. The van der Waals surface area contributed by atoms with Gasteiger partial charge in [-0.25, -0.2) is 9.97 Å². The maximum absolute atomic E-state index is 10.1. The van der Waals surface area contributed by atoms with E-state index in [1.165, 1.54) is 19.3 Å². The van der Waals surface area contributed by atoms with E-state index in [0.717, 1.165) is 31.0 Å². The van der Waals surface area contributed by atoms with Crippen LogP contribution in [0.1, 0.15) is 44.9 Å². The minimum atomic E-state index is -0.160. The van der Waals surface area contributed by atoms with Crippen molar-refractivity contribution in [3.8, 4) is 0 Å². The van der Waals surface area contributed by atoms with Crippen molar-refractivity contribution in [2.75, 3.05) is 0 Å². The molecule has 1 aliphatic rings. The topological polar surface area (TPSA) is 46.0 Å². The minimum Gasteiger partial charge on any atom is -0.393 e. The van der Waals surface area contributed by atoms with Gasteiger partial charge < -0.3 is 5.11 Å². The Hall–Kier alpha value is -0.960. The zero-order valence-corrected chi connectivity index (χ0v) is 10.5. The van der Waals surface area contributed by atoms with Crippen molar-refractivity contribution < 1.29 is 5.11 Å². The first-order valence-electron chi connectivity index (χ1n) is 6.73. The van der Waals surface area contributed by atoms with Gasteiger partial charge in [-0.15, -0.1) is 0 Å². The second-order valence-electron chi connectivity index (χ2n) is 5.16. The average Bonchev–Trinajstić information content (AvgIpc) is 2.35. The fraction of sp³-hybridized carbons (Fsp3) is 0.714. The van der Waals surface area contributed by atoms with Gasteiger partial charge in [-0.3, -0.25) is 0 Å². The van der Waals surface area contributed by atoms with Gasteiger partial charge in [-0.1, -0.05) is 19.8 Å². The molecule has 1 aromatic rings. The highest BCUT2D eigenvalue weighted by atomic mass is 16.3. The largest absolute Gasteiger partial charge is 0.393 e. The average molecular weight is 234 g/mol. The smallest absolute Gasteiger partial charge is 0.128 e. The van der Waals surface area contributed by atoms with Crippen molar-refractivity contribution in [2.45, 2.75) is 51.6 Å². The Kier molecular flexibility index (Phi) is 4.49. The summed E-state index contributed by atoms with van der Waals surface area (Å²) >= 11 is 0. The number of aliphatic hydroxyl groups is 1. The van der Waals surface area contributed by atoms with Crippen molar-refractivity contribution in [1.29, 1.82) is 0 Å². The standard InChI is InChI=1S/C14H22N2O/c1-2-4-11-5-6-13(17)12(9-11)10-14-15-7-3-8-16-14/h3,7-8,11-13,17H,2,4-6,9-10H2,1H3. The molecule has 1 aliphatic carbocycles. The van der Waals surface area contributed by atoms with Crippen LogP contribution in [0.4, 0.5) is 0 Å². The van der Waals surface area contributed by atoms with Gasteiger partial charge in [0.05, 0.1) is 6.10 Å². The summed E-state index contributed by atoms with van der Waals surface area (Å²) in [6.45, 7) is 2.24. The molecule has 2 rings (SSSR count). The Balaban J connectivity index is 1.94. The Morgan fingerprint density at radius 3 is 2.76 bits per heavy atom. The van der Waals surface area contributed by atoms with Crippen LogP contribution >= 0.6 is 0 Å².